The molecule has 0 saturated carbocycles. The number of β-amino-alcohol motifs (C(OH)–C–C–N with tert-alkyl or cyclic N) is 1. The molecule has 2 fully saturated rings. The summed E-state index contributed by atoms with van der Waals surface area (Å²) in [6.07, 6.45) is 0.914. The van der Waals surface area contributed by atoms with Gasteiger partial charge in [-0.3, -0.25) is 14.5 Å². The first-order chi connectivity index (χ1) is 7.92. The molecule has 5 heteroatoms. The van der Waals surface area contributed by atoms with Crippen molar-refractivity contribution in [2.24, 2.45) is 5.92 Å². The van der Waals surface area contributed by atoms with E-state index in [-0.39, 0.29) is 30.4 Å². The Hall–Kier alpha value is -0.940. The number of imide groups is 1. The number of rotatable bonds is 2. The fourth-order valence-electron chi connectivity index (χ4n) is 2.46. The van der Waals surface area contributed by atoms with Crippen molar-refractivity contribution in [1.29, 1.82) is 0 Å². The van der Waals surface area contributed by atoms with Gasteiger partial charge in [0.15, 0.2) is 0 Å². The van der Waals surface area contributed by atoms with Crippen molar-refractivity contribution in [3.05, 3.63) is 0 Å². The van der Waals surface area contributed by atoms with Crippen LogP contribution in [-0.2, 0) is 14.3 Å². The molecule has 2 atom stereocenters. The number of piperidine rings is 1. The van der Waals surface area contributed by atoms with Crippen molar-refractivity contribution in [3.8, 4) is 0 Å². The maximum Gasteiger partial charge on any atom is 0.229 e. The quantitative estimate of drug-likeness (QED) is 0.707. The molecule has 2 heterocycles. The highest BCUT2D eigenvalue weighted by molar-refractivity contribution is 5.97. The molecule has 0 spiro atoms. The molecule has 0 radical (unpaired) electrons. The SMILES string of the molecule is CC1CC(=O)N(CC2(O)CCOC2C)C(=O)C1. The lowest BCUT2D eigenvalue weighted by Crippen LogP contribution is -2.53. The van der Waals surface area contributed by atoms with Crippen LogP contribution in [0.5, 0.6) is 0 Å². The van der Waals surface area contributed by atoms with Crippen LogP contribution < -0.4 is 0 Å². The second kappa shape index (κ2) is 4.38. The molecule has 0 bridgehead atoms. The first kappa shape index (κ1) is 12.5. The van der Waals surface area contributed by atoms with Gasteiger partial charge in [-0.05, 0) is 12.8 Å². The molecule has 0 aliphatic carbocycles. The molecule has 96 valence electrons. The summed E-state index contributed by atoms with van der Waals surface area (Å²) in [5, 5.41) is 10.3. The minimum absolute atomic E-state index is 0.0680. The van der Waals surface area contributed by atoms with Gasteiger partial charge in [0.1, 0.15) is 5.60 Å². The minimum Gasteiger partial charge on any atom is -0.385 e. The predicted molar refractivity (Wildman–Crippen MR) is 60.1 cm³/mol. The minimum atomic E-state index is -1.08. The fraction of sp³-hybridized carbons (Fsp3) is 0.833. The summed E-state index contributed by atoms with van der Waals surface area (Å²) in [5.74, 6) is -0.249. The number of nitrogens with zero attached hydrogens (tertiary/aromatic N) is 1. The lowest BCUT2D eigenvalue weighted by atomic mass is 9.92. The van der Waals surface area contributed by atoms with Crippen LogP contribution in [0.15, 0.2) is 0 Å². The van der Waals surface area contributed by atoms with Gasteiger partial charge in [-0.2, -0.15) is 0 Å². The van der Waals surface area contributed by atoms with E-state index < -0.39 is 5.60 Å². The normalized spacial score (nSPS) is 35.7. The lowest BCUT2D eigenvalue weighted by Gasteiger charge is -2.35. The van der Waals surface area contributed by atoms with Crippen LogP contribution >= 0.6 is 0 Å². The fourth-order valence-corrected chi connectivity index (χ4v) is 2.46. The molecule has 0 aromatic heterocycles. The number of carbonyl (C=O) groups is 2. The zero-order chi connectivity index (χ0) is 12.6. The Labute approximate surface area is 101 Å². The van der Waals surface area contributed by atoms with Crippen LogP contribution in [0.1, 0.15) is 33.1 Å². The molecular formula is C12H19NO4. The topological polar surface area (TPSA) is 66.8 Å². The molecule has 2 unspecified atom stereocenters. The summed E-state index contributed by atoms with van der Waals surface area (Å²) >= 11 is 0. The average Bonchev–Trinajstić information content (AvgIpc) is 2.54. The Morgan fingerprint density at radius 3 is 2.41 bits per heavy atom. The number of carbonyl (C=O) groups excluding carboxylic acids is 2. The van der Waals surface area contributed by atoms with Gasteiger partial charge in [-0.1, -0.05) is 6.92 Å². The maximum absolute atomic E-state index is 11.8. The van der Waals surface area contributed by atoms with Gasteiger partial charge < -0.3 is 9.84 Å². The summed E-state index contributed by atoms with van der Waals surface area (Å²) in [6, 6.07) is 0. The lowest BCUT2D eigenvalue weighted by molar-refractivity contribution is -0.155. The summed E-state index contributed by atoms with van der Waals surface area (Å²) < 4.78 is 5.30. The van der Waals surface area contributed by atoms with E-state index in [1.165, 1.54) is 4.90 Å². The van der Waals surface area contributed by atoms with E-state index in [0.717, 1.165) is 0 Å². The van der Waals surface area contributed by atoms with Crippen molar-refractivity contribution < 1.29 is 19.4 Å². The molecule has 1 N–H and O–H groups in total. The number of ether oxygens (including phenoxy) is 1. The highest BCUT2D eigenvalue weighted by Gasteiger charge is 2.44. The summed E-state index contributed by atoms with van der Waals surface area (Å²) in [6.45, 7) is 4.21. The summed E-state index contributed by atoms with van der Waals surface area (Å²) in [7, 11) is 0. The van der Waals surface area contributed by atoms with Crippen molar-refractivity contribution >= 4 is 11.8 Å². The number of hydrogen-bond acceptors (Lipinski definition) is 4. The molecule has 2 aliphatic rings. The highest BCUT2D eigenvalue weighted by Crippen LogP contribution is 2.29. The van der Waals surface area contributed by atoms with Gasteiger partial charge in [0.2, 0.25) is 11.8 Å². The number of likely N-dealkylation sites (tertiary alicyclic amines) is 1. The van der Waals surface area contributed by atoms with Crippen LogP contribution in [-0.4, -0.2) is 46.7 Å². The van der Waals surface area contributed by atoms with Crippen LogP contribution in [0.2, 0.25) is 0 Å². The zero-order valence-corrected chi connectivity index (χ0v) is 10.3. The first-order valence-electron chi connectivity index (χ1n) is 6.09. The van der Waals surface area contributed by atoms with Gasteiger partial charge >= 0.3 is 0 Å². The highest BCUT2D eigenvalue weighted by atomic mass is 16.5. The third kappa shape index (κ3) is 2.35. The van der Waals surface area contributed by atoms with Crippen molar-refractivity contribution in [3.63, 3.8) is 0 Å². The molecule has 2 aliphatic heterocycles. The van der Waals surface area contributed by atoms with Crippen LogP contribution in [0.3, 0.4) is 0 Å². The second-order valence-electron chi connectivity index (χ2n) is 5.25. The van der Waals surface area contributed by atoms with Gasteiger partial charge in [0, 0.05) is 25.9 Å². The number of hydrogen-bond donors (Lipinski definition) is 1. The van der Waals surface area contributed by atoms with E-state index in [0.29, 0.717) is 25.9 Å². The van der Waals surface area contributed by atoms with E-state index in [1.807, 2.05) is 6.92 Å². The van der Waals surface area contributed by atoms with Crippen molar-refractivity contribution in [2.45, 2.75) is 44.8 Å². The first-order valence-corrected chi connectivity index (χ1v) is 6.09. The Morgan fingerprint density at radius 1 is 1.35 bits per heavy atom. The van der Waals surface area contributed by atoms with E-state index in [9.17, 15) is 14.7 Å². The predicted octanol–water partition coefficient (Wildman–Crippen LogP) is 0.311. The van der Waals surface area contributed by atoms with E-state index >= 15 is 0 Å². The third-order valence-electron chi connectivity index (χ3n) is 3.74. The molecule has 17 heavy (non-hydrogen) atoms. The van der Waals surface area contributed by atoms with E-state index in [4.69, 9.17) is 4.74 Å². The van der Waals surface area contributed by atoms with Crippen LogP contribution in [0.4, 0.5) is 0 Å². The maximum atomic E-state index is 11.8. The largest absolute Gasteiger partial charge is 0.385 e. The van der Waals surface area contributed by atoms with Crippen LogP contribution in [0.25, 0.3) is 0 Å². The van der Waals surface area contributed by atoms with Crippen molar-refractivity contribution in [2.75, 3.05) is 13.2 Å². The average molecular weight is 241 g/mol. The molecule has 2 amide bonds. The number of aliphatic hydroxyl groups is 1. The van der Waals surface area contributed by atoms with Gasteiger partial charge in [0.25, 0.3) is 0 Å². The number of amides is 2. The molecule has 0 aromatic carbocycles. The zero-order valence-electron chi connectivity index (χ0n) is 10.3. The second-order valence-corrected chi connectivity index (χ2v) is 5.25. The van der Waals surface area contributed by atoms with Crippen LogP contribution in [0, 0.1) is 5.92 Å². The van der Waals surface area contributed by atoms with Gasteiger partial charge in [0.05, 0.1) is 12.6 Å². The molecule has 2 rings (SSSR count). The summed E-state index contributed by atoms with van der Waals surface area (Å²) in [4.78, 5) is 24.8. The third-order valence-corrected chi connectivity index (χ3v) is 3.74. The van der Waals surface area contributed by atoms with E-state index in [1.54, 1.807) is 6.92 Å². The molecule has 0 aromatic rings. The van der Waals surface area contributed by atoms with Gasteiger partial charge in [-0.15, -0.1) is 0 Å². The Kier molecular flexibility index (Phi) is 3.23. The molecular weight excluding hydrogens is 222 g/mol. The molecule has 5 nitrogen and oxygen atoms in total. The Bertz CT molecular complexity index is 325. The Morgan fingerprint density at radius 2 is 1.94 bits per heavy atom. The van der Waals surface area contributed by atoms with Crippen molar-refractivity contribution in [1.82, 2.24) is 4.90 Å². The monoisotopic (exact) mass is 241 g/mol. The smallest absolute Gasteiger partial charge is 0.229 e. The summed E-state index contributed by atoms with van der Waals surface area (Å²) in [5.41, 5.74) is -1.08. The van der Waals surface area contributed by atoms with E-state index in [2.05, 4.69) is 0 Å². The van der Waals surface area contributed by atoms with Gasteiger partial charge in [-0.25, -0.2) is 0 Å². The standard InChI is InChI=1S/C12H19NO4/c1-8-5-10(14)13(11(15)6-8)7-12(16)3-4-17-9(12)2/h8-9,16H,3-7H2,1-2H3. The molecule has 2 saturated heterocycles. The Balaban J connectivity index is 2.07.